The molecule has 1 aliphatic heterocycles. The number of fused-ring (bicyclic) bond motifs is 1. The number of aromatic nitrogens is 3. The van der Waals surface area contributed by atoms with E-state index in [0.29, 0.717) is 12.6 Å². The molecule has 1 saturated carbocycles. The van der Waals surface area contributed by atoms with Crippen LogP contribution in [0.25, 0.3) is 0 Å². The second kappa shape index (κ2) is 7.67. The van der Waals surface area contributed by atoms with E-state index < -0.39 is 5.41 Å². The second-order valence-corrected chi connectivity index (χ2v) is 10.3. The Morgan fingerprint density at radius 1 is 1.28 bits per heavy atom. The molecule has 0 N–H and O–H groups in total. The summed E-state index contributed by atoms with van der Waals surface area (Å²) < 4.78 is 0. The number of thiazole rings is 1. The molecule has 2 aliphatic rings. The van der Waals surface area contributed by atoms with Gasteiger partial charge in [0.05, 0.1) is 22.3 Å². The Balaban J connectivity index is 1.70. The molecule has 2 aromatic heterocycles. The van der Waals surface area contributed by atoms with Gasteiger partial charge in [-0.1, -0.05) is 19.8 Å². The summed E-state index contributed by atoms with van der Waals surface area (Å²) in [5, 5.41) is 3.22. The summed E-state index contributed by atoms with van der Waals surface area (Å²) in [5.41, 5.74) is 1.48. The molecular formula is C22H31N5OS. The molecular weight excluding hydrogens is 382 g/mol. The lowest BCUT2D eigenvalue weighted by Gasteiger charge is -2.34. The highest BCUT2D eigenvalue weighted by Gasteiger charge is 2.41. The zero-order chi connectivity index (χ0) is 20.8. The van der Waals surface area contributed by atoms with Crippen LogP contribution < -0.4 is 9.80 Å². The quantitative estimate of drug-likeness (QED) is 0.746. The summed E-state index contributed by atoms with van der Waals surface area (Å²) in [5.74, 6) is 2.14. The van der Waals surface area contributed by atoms with Crippen LogP contribution in [0, 0.1) is 12.3 Å². The zero-order valence-electron chi connectivity index (χ0n) is 18.1. The summed E-state index contributed by atoms with van der Waals surface area (Å²) >= 11 is 1.68. The molecule has 1 aliphatic carbocycles. The maximum absolute atomic E-state index is 13.1. The molecule has 1 atom stereocenters. The van der Waals surface area contributed by atoms with Crippen molar-refractivity contribution in [3.63, 3.8) is 0 Å². The fourth-order valence-electron chi connectivity index (χ4n) is 4.58. The Morgan fingerprint density at radius 3 is 2.66 bits per heavy atom. The fourth-order valence-corrected chi connectivity index (χ4v) is 5.32. The van der Waals surface area contributed by atoms with E-state index in [-0.39, 0.29) is 11.8 Å². The third-order valence-corrected chi connectivity index (χ3v) is 7.07. The van der Waals surface area contributed by atoms with Gasteiger partial charge in [0.1, 0.15) is 11.5 Å². The molecule has 7 heteroatoms. The van der Waals surface area contributed by atoms with Gasteiger partial charge in [-0.3, -0.25) is 4.79 Å². The van der Waals surface area contributed by atoms with Crippen molar-refractivity contribution in [2.24, 2.45) is 5.41 Å². The number of aryl methyl sites for hydroxylation is 1. The van der Waals surface area contributed by atoms with Crippen LogP contribution >= 0.6 is 11.3 Å². The van der Waals surface area contributed by atoms with Crippen LogP contribution in [0.2, 0.25) is 0 Å². The van der Waals surface area contributed by atoms with E-state index in [1.165, 1.54) is 25.7 Å². The third-order valence-electron chi connectivity index (χ3n) is 6.28. The van der Waals surface area contributed by atoms with Crippen LogP contribution in [0.15, 0.2) is 11.6 Å². The van der Waals surface area contributed by atoms with Crippen LogP contribution in [0.4, 0.5) is 11.5 Å². The maximum Gasteiger partial charge on any atom is 0.234 e. The number of nitrogens with zero attached hydrogens (tertiary/aromatic N) is 5. The van der Waals surface area contributed by atoms with E-state index in [1.807, 2.05) is 34.0 Å². The maximum atomic E-state index is 13.1. The van der Waals surface area contributed by atoms with Gasteiger partial charge >= 0.3 is 0 Å². The standard InChI is InChI=1S/C22H31N5OS/c1-14(17-12-29-15(2)24-17)10-19-23-11-18-20(25-19)27(16-8-6-7-9-16)13-22(3,4)21(28)26(18)5/h11-12,14,16H,6-10,13H2,1-5H3/t14-/m0/s1. The van der Waals surface area contributed by atoms with Crippen molar-refractivity contribution in [1.29, 1.82) is 0 Å². The van der Waals surface area contributed by atoms with E-state index in [0.717, 1.165) is 34.5 Å². The molecule has 2 aromatic rings. The molecule has 0 unspecified atom stereocenters. The molecule has 0 spiro atoms. The average Bonchev–Trinajstić information content (AvgIpc) is 3.35. The fraction of sp³-hybridized carbons (Fsp3) is 0.636. The van der Waals surface area contributed by atoms with Gasteiger partial charge in [0.15, 0.2) is 5.82 Å². The first-order valence-corrected chi connectivity index (χ1v) is 11.5. The minimum atomic E-state index is -0.455. The molecule has 1 fully saturated rings. The van der Waals surface area contributed by atoms with Gasteiger partial charge < -0.3 is 9.80 Å². The number of amides is 1. The first-order valence-electron chi connectivity index (χ1n) is 10.6. The number of carbonyl (C=O) groups is 1. The lowest BCUT2D eigenvalue weighted by atomic mass is 9.91. The van der Waals surface area contributed by atoms with Gasteiger partial charge in [-0.25, -0.2) is 15.0 Å². The van der Waals surface area contributed by atoms with Crippen molar-refractivity contribution >= 4 is 28.7 Å². The lowest BCUT2D eigenvalue weighted by Crippen LogP contribution is -2.45. The van der Waals surface area contributed by atoms with E-state index in [4.69, 9.17) is 4.98 Å². The summed E-state index contributed by atoms with van der Waals surface area (Å²) in [7, 11) is 1.85. The Labute approximate surface area is 177 Å². The SMILES string of the molecule is Cc1nc([C@@H](C)Cc2ncc3c(n2)N(C2CCCC2)CC(C)(C)C(=O)N3C)cs1. The molecule has 4 rings (SSSR count). The minimum Gasteiger partial charge on any atom is -0.351 e. The monoisotopic (exact) mass is 413 g/mol. The lowest BCUT2D eigenvalue weighted by molar-refractivity contribution is -0.125. The molecule has 6 nitrogen and oxygen atoms in total. The highest BCUT2D eigenvalue weighted by atomic mass is 32.1. The molecule has 156 valence electrons. The van der Waals surface area contributed by atoms with Crippen molar-refractivity contribution in [2.75, 3.05) is 23.4 Å². The molecule has 0 radical (unpaired) electrons. The Kier molecular flexibility index (Phi) is 5.36. The second-order valence-electron chi connectivity index (χ2n) is 9.21. The molecule has 0 bridgehead atoms. The zero-order valence-corrected chi connectivity index (χ0v) is 18.9. The number of anilines is 2. The van der Waals surface area contributed by atoms with Gasteiger partial charge in [0.25, 0.3) is 0 Å². The summed E-state index contributed by atoms with van der Waals surface area (Å²) in [4.78, 5) is 31.5. The van der Waals surface area contributed by atoms with Crippen LogP contribution in [0.1, 0.15) is 68.9 Å². The number of hydrogen-bond acceptors (Lipinski definition) is 6. The Hall–Kier alpha value is -2.02. The summed E-state index contributed by atoms with van der Waals surface area (Å²) in [6.45, 7) is 9.00. The summed E-state index contributed by atoms with van der Waals surface area (Å²) in [6, 6.07) is 0.452. The third kappa shape index (κ3) is 3.89. The minimum absolute atomic E-state index is 0.127. The predicted octanol–water partition coefficient (Wildman–Crippen LogP) is 4.34. The summed E-state index contributed by atoms with van der Waals surface area (Å²) in [6.07, 6.45) is 7.42. The van der Waals surface area contributed by atoms with Crippen molar-refractivity contribution in [2.45, 2.75) is 71.8 Å². The Bertz CT molecular complexity index is 902. The van der Waals surface area contributed by atoms with Gasteiger partial charge in [0.2, 0.25) is 5.91 Å². The molecule has 1 amide bonds. The van der Waals surface area contributed by atoms with Crippen LogP contribution in [0.3, 0.4) is 0 Å². The largest absolute Gasteiger partial charge is 0.351 e. The van der Waals surface area contributed by atoms with Crippen molar-refractivity contribution in [3.8, 4) is 0 Å². The number of carbonyl (C=O) groups excluding carboxylic acids is 1. The first-order chi connectivity index (χ1) is 13.8. The van der Waals surface area contributed by atoms with E-state index in [1.54, 1.807) is 16.2 Å². The molecule has 29 heavy (non-hydrogen) atoms. The molecule has 0 aromatic carbocycles. The van der Waals surface area contributed by atoms with Gasteiger partial charge in [-0.05, 0) is 33.6 Å². The average molecular weight is 414 g/mol. The van der Waals surface area contributed by atoms with E-state index in [9.17, 15) is 4.79 Å². The van der Waals surface area contributed by atoms with Crippen molar-refractivity contribution in [3.05, 3.63) is 28.1 Å². The highest BCUT2D eigenvalue weighted by Crippen LogP contribution is 2.40. The van der Waals surface area contributed by atoms with Crippen LogP contribution in [0.5, 0.6) is 0 Å². The topological polar surface area (TPSA) is 62.2 Å². The normalized spacial score (nSPS) is 20.7. The number of rotatable bonds is 4. The first kappa shape index (κ1) is 20.3. The van der Waals surface area contributed by atoms with Crippen molar-refractivity contribution < 1.29 is 4.79 Å². The smallest absolute Gasteiger partial charge is 0.234 e. The van der Waals surface area contributed by atoms with Gasteiger partial charge in [-0.15, -0.1) is 11.3 Å². The van der Waals surface area contributed by atoms with E-state index in [2.05, 4.69) is 27.2 Å². The Morgan fingerprint density at radius 2 is 2.00 bits per heavy atom. The van der Waals surface area contributed by atoms with Gasteiger partial charge in [-0.2, -0.15) is 0 Å². The highest BCUT2D eigenvalue weighted by molar-refractivity contribution is 7.09. The van der Waals surface area contributed by atoms with Gasteiger partial charge in [0, 0.05) is 37.4 Å². The number of hydrogen-bond donors (Lipinski definition) is 0. The molecule has 3 heterocycles. The van der Waals surface area contributed by atoms with Crippen LogP contribution in [-0.4, -0.2) is 40.5 Å². The van der Waals surface area contributed by atoms with Crippen molar-refractivity contribution in [1.82, 2.24) is 15.0 Å². The van der Waals surface area contributed by atoms with E-state index >= 15 is 0 Å². The predicted molar refractivity (Wildman–Crippen MR) is 118 cm³/mol. The van der Waals surface area contributed by atoms with Crippen LogP contribution in [-0.2, 0) is 11.2 Å². The molecule has 0 saturated heterocycles.